The maximum absolute atomic E-state index is 12.2. The number of halogens is 3. The fraction of sp³-hybridized carbons (Fsp3) is 0.389. The van der Waals surface area contributed by atoms with E-state index in [1.807, 2.05) is 0 Å². The zero-order valence-corrected chi connectivity index (χ0v) is 16.6. The van der Waals surface area contributed by atoms with Crippen molar-refractivity contribution in [2.24, 2.45) is 5.10 Å². The molecular weight excluding hydrogens is 411 g/mol. The summed E-state index contributed by atoms with van der Waals surface area (Å²) in [6, 6.07) is 4.94. The molecule has 0 spiro atoms. The van der Waals surface area contributed by atoms with Crippen LogP contribution in [0, 0.1) is 0 Å². The normalized spacial score (nSPS) is 11.6. The molecule has 1 N–H and O–H groups in total. The molecule has 0 amide bonds. The lowest BCUT2D eigenvalue weighted by molar-refractivity contribution is -0.176. The van der Waals surface area contributed by atoms with Crippen LogP contribution in [0.15, 0.2) is 28.7 Å². The number of alkyl halides is 3. The van der Waals surface area contributed by atoms with Gasteiger partial charge in [0.2, 0.25) is 5.13 Å². The van der Waals surface area contributed by atoms with E-state index in [1.165, 1.54) is 24.7 Å². The van der Waals surface area contributed by atoms with E-state index in [-0.39, 0.29) is 19.0 Å². The Morgan fingerprint density at radius 2 is 2.17 bits per heavy atom. The van der Waals surface area contributed by atoms with Gasteiger partial charge in [-0.05, 0) is 30.7 Å². The lowest BCUT2D eigenvalue weighted by Crippen LogP contribution is -2.16. The van der Waals surface area contributed by atoms with E-state index in [4.69, 9.17) is 14.2 Å². The van der Waals surface area contributed by atoms with Crippen molar-refractivity contribution in [1.29, 1.82) is 0 Å². The predicted molar refractivity (Wildman–Crippen MR) is 102 cm³/mol. The Bertz CT molecular complexity index is 840. The first kappa shape index (κ1) is 22.6. The van der Waals surface area contributed by atoms with E-state index in [2.05, 4.69) is 15.5 Å². The van der Waals surface area contributed by atoms with Gasteiger partial charge in [0.25, 0.3) is 0 Å². The van der Waals surface area contributed by atoms with Crippen molar-refractivity contribution in [2.45, 2.75) is 26.1 Å². The molecule has 1 aromatic heterocycles. The molecule has 0 atom stereocenters. The molecular formula is C18H20F3N3O4S. The van der Waals surface area contributed by atoms with Crippen molar-refractivity contribution < 1.29 is 32.2 Å². The average Bonchev–Trinajstić information content (AvgIpc) is 3.08. The van der Waals surface area contributed by atoms with Crippen LogP contribution < -0.4 is 10.2 Å². The van der Waals surface area contributed by atoms with Crippen molar-refractivity contribution in [3.05, 3.63) is 40.4 Å². The van der Waals surface area contributed by atoms with E-state index in [0.717, 1.165) is 0 Å². The largest absolute Gasteiger partial charge is 0.496 e. The Morgan fingerprint density at radius 3 is 2.86 bits per heavy atom. The van der Waals surface area contributed by atoms with Gasteiger partial charge in [0.1, 0.15) is 12.4 Å². The highest BCUT2D eigenvalue weighted by Gasteiger charge is 2.27. The number of carbonyl (C=O) groups is 1. The number of hydrazone groups is 1. The van der Waals surface area contributed by atoms with Crippen molar-refractivity contribution in [3.63, 3.8) is 0 Å². The summed E-state index contributed by atoms with van der Waals surface area (Å²) in [5, 5.41) is 6.26. The summed E-state index contributed by atoms with van der Waals surface area (Å²) in [7, 11) is 1.42. The number of carbonyl (C=O) groups excluding carboxylic acids is 1. The topological polar surface area (TPSA) is 82.0 Å². The highest BCUT2D eigenvalue weighted by atomic mass is 32.1. The van der Waals surface area contributed by atoms with Crippen LogP contribution in [0.3, 0.4) is 0 Å². The zero-order chi connectivity index (χ0) is 21.3. The SMILES string of the molecule is CCOC(=O)Cc1csc(NN=Cc2ccc(OC)c(COCC(F)(F)F)c2)n1. The summed E-state index contributed by atoms with van der Waals surface area (Å²) in [5.41, 5.74) is 4.41. The summed E-state index contributed by atoms with van der Waals surface area (Å²) in [6.07, 6.45) is -2.83. The van der Waals surface area contributed by atoms with Gasteiger partial charge in [-0.25, -0.2) is 4.98 Å². The number of benzene rings is 1. The minimum Gasteiger partial charge on any atom is -0.496 e. The number of thiazole rings is 1. The molecule has 158 valence electrons. The third kappa shape index (κ3) is 8.08. The second kappa shape index (κ2) is 10.8. The Labute approximate surface area is 169 Å². The van der Waals surface area contributed by atoms with Crippen molar-refractivity contribution in [3.8, 4) is 5.75 Å². The molecule has 11 heteroatoms. The van der Waals surface area contributed by atoms with Crippen molar-refractivity contribution in [1.82, 2.24) is 4.98 Å². The monoisotopic (exact) mass is 431 g/mol. The first-order valence-corrected chi connectivity index (χ1v) is 9.39. The number of esters is 1. The first-order chi connectivity index (χ1) is 13.8. The molecule has 29 heavy (non-hydrogen) atoms. The number of hydrogen-bond acceptors (Lipinski definition) is 8. The fourth-order valence-corrected chi connectivity index (χ4v) is 2.89. The van der Waals surface area contributed by atoms with Gasteiger partial charge in [0.15, 0.2) is 0 Å². The molecule has 0 radical (unpaired) electrons. The average molecular weight is 431 g/mol. The quantitative estimate of drug-likeness (QED) is 0.350. The van der Waals surface area contributed by atoms with Gasteiger partial charge in [0, 0.05) is 10.9 Å². The third-order valence-electron chi connectivity index (χ3n) is 3.38. The molecule has 0 saturated heterocycles. The Balaban J connectivity index is 1.95. The minimum atomic E-state index is -4.39. The van der Waals surface area contributed by atoms with Crippen LogP contribution in [-0.4, -0.2) is 43.7 Å². The van der Waals surface area contributed by atoms with E-state index in [1.54, 1.807) is 30.5 Å². The number of nitrogens with one attached hydrogen (secondary N) is 1. The van der Waals surface area contributed by atoms with E-state index in [0.29, 0.717) is 34.3 Å². The summed E-state index contributed by atoms with van der Waals surface area (Å²) < 4.78 is 51.4. The van der Waals surface area contributed by atoms with Gasteiger partial charge in [-0.1, -0.05) is 0 Å². The lowest BCUT2D eigenvalue weighted by Gasteiger charge is -2.11. The summed E-state index contributed by atoms with van der Waals surface area (Å²) >= 11 is 1.28. The van der Waals surface area contributed by atoms with Gasteiger partial charge in [0.05, 0.1) is 38.7 Å². The van der Waals surface area contributed by atoms with Gasteiger partial charge in [-0.3, -0.25) is 10.2 Å². The molecule has 7 nitrogen and oxygen atoms in total. The number of aromatic nitrogens is 1. The summed E-state index contributed by atoms with van der Waals surface area (Å²) in [6.45, 7) is 0.451. The molecule has 0 fully saturated rings. The smallest absolute Gasteiger partial charge is 0.411 e. The van der Waals surface area contributed by atoms with Gasteiger partial charge < -0.3 is 14.2 Å². The molecule has 0 aliphatic heterocycles. The first-order valence-electron chi connectivity index (χ1n) is 8.51. The van der Waals surface area contributed by atoms with Crippen LogP contribution in [0.5, 0.6) is 5.75 Å². The number of ether oxygens (including phenoxy) is 3. The maximum atomic E-state index is 12.2. The van der Waals surface area contributed by atoms with Crippen LogP contribution in [-0.2, 0) is 27.3 Å². The Kier molecular flexibility index (Phi) is 8.40. The minimum absolute atomic E-state index is 0.0789. The van der Waals surface area contributed by atoms with Crippen LogP contribution in [0.25, 0.3) is 0 Å². The molecule has 0 saturated carbocycles. The highest BCUT2D eigenvalue weighted by molar-refractivity contribution is 7.13. The van der Waals surface area contributed by atoms with Gasteiger partial charge >= 0.3 is 12.1 Å². The number of nitrogens with zero attached hydrogens (tertiary/aromatic N) is 2. The van der Waals surface area contributed by atoms with Crippen LogP contribution >= 0.6 is 11.3 Å². The van der Waals surface area contributed by atoms with Crippen molar-refractivity contribution >= 4 is 28.7 Å². The predicted octanol–water partition coefficient (Wildman–Crippen LogP) is 3.78. The second-order valence-electron chi connectivity index (χ2n) is 5.68. The Hall–Kier alpha value is -2.66. The van der Waals surface area contributed by atoms with E-state index in [9.17, 15) is 18.0 Å². The number of methoxy groups -OCH3 is 1. The highest BCUT2D eigenvalue weighted by Crippen LogP contribution is 2.22. The Morgan fingerprint density at radius 1 is 1.38 bits per heavy atom. The molecule has 1 aromatic carbocycles. The number of rotatable bonds is 10. The molecule has 1 heterocycles. The zero-order valence-electron chi connectivity index (χ0n) is 15.8. The van der Waals surface area contributed by atoms with E-state index < -0.39 is 12.8 Å². The van der Waals surface area contributed by atoms with Crippen LogP contribution in [0.2, 0.25) is 0 Å². The maximum Gasteiger partial charge on any atom is 0.411 e. The standard InChI is InChI=1S/C18H20F3N3O4S/c1-3-28-16(25)7-14-10-29-17(23-14)24-22-8-12-4-5-15(26-2)13(6-12)9-27-11-18(19,20)21/h4-6,8,10H,3,7,9,11H2,1-2H3,(H,23,24). The van der Waals surface area contributed by atoms with Gasteiger partial charge in [-0.15, -0.1) is 11.3 Å². The molecule has 0 unspecified atom stereocenters. The third-order valence-corrected chi connectivity index (χ3v) is 4.18. The van der Waals surface area contributed by atoms with Gasteiger partial charge in [-0.2, -0.15) is 18.3 Å². The molecule has 2 rings (SSSR count). The lowest BCUT2D eigenvalue weighted by atomic mass is 10.1. The second-order valence-corrected chi connectivity index (χ2v) is 6.53. The summed E-state index contributed by atoms with van der Waals surface area (Å²) in [5.74, 6) is 0.0622. The van der Waals surface area contributed by atoms with Crippen molar-refractivity contribution in [2.75, 3.05) is 25.7 Å². The number of anilines is 1. The number of hydrogen-bond donors (Lipinski definition) is 1. The molecule has 0 aliphatic carbocycles. The molecule has 2 aromatic rings. The van der Waals surface area contributed by atoms with E-state index >= 15 is 0 Å². The summed E-state index contributed by atoms with van der Waals surface area (Å²) in [4.78, 5) is 15.7. The van der Waals surface area contributed by atoms with Crippen LogP contribution in [0.4, 0.5) is 18.3 Å². The van der Waals surface area contributed by atoms with Crippen LogP contribution in [0.1, 0.15) is 23.7 Å². The molecule has 0 aliphatic rings. The fourth-order valence-electron chi connectivity index (χ4n) is 2.23. The molecule has 0 bridgehead atoms.